The monoisotopic (exact) mass is 359 g/mol. The van der Waals surface area contributed by atoms with Crippen molar-refractivity contribution in [1.82, 2.24) is 5.32 Å². The highest BCUT2D eigenvalue weighted by atomic mass is 35.5. The summed E-state index contributed by atoms with van der Waals surface area (Å²) >= 11 is 12.0. The van der Waals surface area contributed by atoms with Crippen LogP contribution in [0, 0.1) is 0 Å². The van der Waals surface area contributed by atoms with Gasteiger partial charge in [0.05, 0.1) is 10.0 Å². The van der Waals surface area contributed by atoms with Crippen molar-refractivity contribution in [1.29, 1.82) is 0 Å². The first-order chi connectivity index (χ1) is 10.7. The van der Waals surface area contributed by atoms with Crippen LogP contribution < -0.4 is 5.32 Å². The molecule has 1 aliphatic heterocycles. The van der Waals surface area contributed by atoms with Crippen LogP contribution in [0.15, 0.2) is 18.2 Å². The average Bonchev–Trinajstić information content (AvgIpc) is 2.97. The van der Waals surface area contributed by atoms with Crippen LogP contribution in [0.3, 0.4) is 0 Å². The zero-order chi connectivity index (χ0) is 17.2. The lowest BCUT2D eigenvalue weighted by Crippen LogP contribution is -2.42. The number of ether oxygens (including phenoxy) is 1. The average molecular weight is 360 g/mol. The smallest absolute Gasteiger partial charge is 0.332 e. The fraction of sp³-hybridized carbons (Fsp3) is 0.500. The van der Waals surface area contributed by atoms with Gasteiger partial charge in [0.1, 0.15) is 6.10 Å². The summed E-state index contributed by atoms with van der Waals surface area (Å²) in [5.74, 6) is -1.32. The Hall–Kier alpha value is -1.30. The Morgan fingerprint density at radius 2 is 1.91 bits per heavy atom. The van der Waals surface area contributed by atoms with Crippen LogP contribution in [0.1, 0.15) is 32.3 Å². The molecule has 1 amide bonds. The second kappa shape index (κ2) is 7.07. The fourth-order valence-corrected chi connectivity index (χ4v) is 2.75. The Morgan fingerprint density at radius 3 is 2.48 bits per heavy atom. The lowest BCUT2D eigenvalue weighted by molar-refractivity contribution is -0.151. The summed E-state index contributed by atoms with van der Waals surface area (Å²) in [4.78, 5) is 23.0. The van der Waals surface area contributed by atoms with E-state index in [-0.39, 0.29) is 11.3 Å². The molecule has 0 saturated carbocycles. The van der Waals surface area contributed by atoms with Crippen molar-refractivity contribution < 1.29 is 19.4 Å². The number of carbonyl (C=O) groups excluding carboxylic acids is 1. The number of nitrogens with one attached hydrogen (secondary N) is 1. The summed E-state index contributed by atoms with van der Waals surface area (Å²) in [6, 6.07) is 5.37. The number of benzene rings is 1. The van der Waals surface area contributed by atoms with E-state index in [1.165, 1.54) is 0 Å². The topological polar surface area (TPSA) is 75.6 Å². The quantitative estimate of drug-likeness (QED) is 0.847. The van der Waals surface area contributed by atoms with E-state index < -0.39 is 18.2 Å². The van der Waals surface area contributed by atoms with E-state index in [4.69, 9.17) is 33.0 Å². The first-order valence-electron chi connectivity index (χ1n) is 7.32. The highest BCUT2D eigenvalue weighted by Crippen LogP contribution is 2.29. The predicted molar refractivity (Wildman–Crippen MR) is 88.0 cm³/mol. The largest absolute Gasteiger partial charge is 0.479 e. The minimum atomic E-state index is -1.03. The maximum Gasteiger partial charge on any atom is 0.332 e. The van der Waals surface area contributed by atoms with Crippen LogP contribution in [0.5, 0.6) is 0 Å². The molecule has 5 nitrogen and oxygen atoms in total. The van der Waals surface area contributed by atoms with Gasteiger partial charge in [-0.2, -0.15) is 0 Å². The molecule has 23 heavy (non-hydrogen) atoms. The molecule has 0 unspecified atom stereocenters. The lowest BCUT2D eigenvalue weighted by Gasteiger charge is -2.26. The molecule has 1 fully saturated rings. The predicted octanol–water partition coefficient (Wildman–Crippen LogP) is 3.02. The van der Waals surface area contributed by atoms with Crippen molar-refractivity contribution in [2.45, 2.75) is 44.3 Å². The number of aliphatic carboxylic acids is 1. The Balaban J connectivity index is 1.95. The van der Waals surface area contributed by atoms with Gasteiger partial charge in [-0.25, -0.2) is 4.79 Å². The third-order valence-corrected chi connectivity index (χ3v) is 4.73. The van der Waals surface area contributed by atoms with Gasteiger partial charge in [-0.3, -0.25) is 4.79 Å². The van der Waals surface area contributed by atoms with E-state index in [1.807, 2.05) is 19.9 Å². The zero-order valence-electron chi connectivity index (χ0n) is 12.9. The van der Waals surface area contributed by atoms with Gasteiger partial charge in [-0.15, -0.1) is 0 Å². The van der Waals surface area contributed by atoms with Crippen molar-refractivity contribution in [3.05, 3.63) is 33.8 Å². The number of hydrogen-bond donors (Lipinski definition) is 2. The zero-order valence-corrected chi connectivity index (χ0v) is 14.4. The van der Waals surface area contributed by atoms with Crippen LogP contribution in [-0.2, 0) is 19.7 Å². The standard InChI is InChI=1S/C16H19Cl2NO4/c1-16(2,9-3-4-10(17)11(18)7-9)8-19-14(20)12-5-6-13(23-12)15(21)22/h3-4,7,12-13H,5-6,8H2,1-2H3,(H,19,20)(H,21,22)/t12-,13+/m0/s1. The molecule has 7 heteroatoms. The van der Waals surface area contributed by atoms with Gasteiger partial charge in [0.2, 0.25) is 5.91 Å². The van der Waals surface area contributed by atoms with Gasteiger partial charge < -0.3 is 15.2 Å². The number of carboxylic acids is 1. The maximum absolute atomic E-state index is 12.1. The Morgan fingerprint density at radius 1 is 1.26 bits per heavy atom. The Labute approximate surface area is 144 Å². The highest BCUT2D eigenvalue weighted by molar-refractivity contribution is 6.42. The summed E-state index contributed by atoms with van der Waals surface area (Å²) in [7, 11) is 0. The molecule has 0 radical (unpaired) electrons. The molecule has 1 aromatic carbocycles. The van der Waals surface area contributed by atoms with E-state index in [0.29, 0.717) is 29.4 Å². The fourth-order valence-electron chi connectivity index (χ4n) is 2.45. The van der Waals surface area contributed by atoms with E-state index in [0.717, 1.165) is 5.56 Å². The number of hydrogen-bond acceptors (Lipinski definition) is 3. The van der Waals surface area contributed by atoms with Gasteiger partial charge >= 0.3 is 5.97 Å². The van der Waals surface area contributed by atoms with Gasteiger partial charge in [0.25, 0.3) is 0 Å². The van der Waals surface area contributed by atoms with Gasteiger partial charge in [0.15, 0.2) is 6.10 Å². The Bertz CT molecular complexity index is 618. The van der Waals surface area contributed by atoms with Crippen LogP contribution >= 0.6 is 23.2 Å². The minimum Gasteiger partial charge on any atom is -0.479 e. The van der Waals surface area contributed by atoms with E-state index >= 15 is 0 Å². The number of halogens is 2. The molecule has 1 aliphatic rings. The molecule has 1 aromatic rings. The molecule has 0 aromatic heterocycles. The third-order valence-electron chi connectivity index (χ3n) is 3.99. The number of rotatable bonds is 5. The molecule has 2 atom stereocenters. The van der Waals surface area contributed by atoms with Crippen LogP contribution in [0.25, 0.3) is 0 Å². The number of carboxylic acid groups (broad SMARTS) is 1. The second-order valence-electron chi connectivity index (χ2n) is 6.26. The molecule has 1 saturated heterocycles. The first-order valence-corrected chi connectivity index (χ1v) is 8.08. The van der Waals surface area contributed by atoms with Gasteiger partial charge in [-0.1, -0.05) is 43.1 Å². The molecule has 0 aliphatic carbocycles. The van der Waals surface area contributed by atoms with E-state index in [1.54, 1.807) is 12.1 Å². The first kappa shape index (κ1) is 18.0. The number of carbonyl (C=O) groups is 2. The molecule has 126 valence electrons. The van der Waals surface area contributed by atoms with E-state index in [9.17, 15) is 9.59 Å². The summed E-state index contributed by atoms with van der Waals surface area (Å²) in [5.41, 5.74) is 0.595. The normalized spacial score (nSPS) is 21.2. The third kappa shape index (κ3) is 4.37. The summed E-state index contributed by atoms with van der Waals surface area (Å²) in [6.45, 7) is 4.33. The highest BCUT2D eigenvalue weighted by Gasteiger charge is 2.35. The summed E-state index contributed by atoms with van der Waals surface area (Å²) in [6.07, 6.45) is -0.839. The van der Waals surface area contributed by atoms with Gasteiger partial charge in [-0.05, 0) is 30.5 Å². The molecule has 1 heterocycles. The molecule has 2 N–H and O–H groups in total. The van der Waals surface area contributed by atoms with Crippen molar-refractivity contribution >= 4 is 35.1 Å². The molecule has 2 rings (SSSR count). The minimum absolute atomic E-state index is 0.290. The van der Waals surface area contributed by atoms with Crippen molar-refractivity contribution in [3.8, 4) is 0 Å². The number of amides is 1. The Kier molecular flexibility index (Phi) is 5.55. The SMILES string of the molecule is CC(C)(CNC(=O)[C@@H]1CC[C@H](C(=O)O)O1)c1ccc(Cl)c(Cl)c1. The molecule has 0 spiro atoms. The lowest BCUT2D eigenvalue weighted by atomic mass is 9.84. The van der Waals surface area contributed by atoms with E-state index in [2.05, 4.69) is 5.32 Å². The van der Waals surface area contributed by atoms with Crippen LogP contribution in [-0.4, -0.2) is 35.7 Å². The maximum atomic E-state index is 12.1. The van der Waals surface area contributed by atoms with Crippen molar-refractivity contribution in [3.63, 3.8) is 0 Å². The van der Waals surface area contributed by atoms with Gasteiger partial charge in [0, 0.05) is 12.0 Å². The molecular weight excluding hydrogens is 341 g/mol. The van der Waals surface area contributed by atoms with Crippen molar-refractivity contribution in [2.24, 2.45) is 0 Å². The second-order valence-corrected chi connectivity index (χ2v) is 7.07. The summed E-state index contributed by atoms with van der Waals surface area (Å²) in [5, 5.41) is 12.7. The molecular formula is C16H19Cl2NO4. The molecule has 0 bridgehead atoms. The van der Waals surface area contributed by atoms with Crippen molar-refractivity contribution in [2.75, 3.05) is 6.54 Å². The summed E-state index contributed by atoms with van der Waals surface area (Å²) < 4.78 is 5.24. The van der Waals surface area contributed by atoms with Crippen LogP contribution in [0.4, 0.5) is 0 Å². The van der Waals surface area contributed by atoms with Crippen LogP contribution in [0.2, 0.25) is 10.0 Å².